The first kappa shape index (κ1) is 17.1. The van der Waals surface area contributed by atoms with E-state index >= 15 is 0 Å². The number of hydrogen-bond acceptors (Lipinski definition) is 5. The van der Waals surface area contributed by atoms with Gasteiger partial charge in [0, 0.05) is 26.2 Å². The van der Waals surface area contributed by atoms with E-state index in [1.165, 1.54) is 10.9 Å². The third-order valence-electron chi connectivity index (χ3n) is 4.51. The number of likely N-dealkylation sites (tertiary alicyclic amines) is 1. The van der Waals surface area contributed by atoms with Crippen LogP contribution in [0.1, 0.15) is 12.8 Å². The molecule has 1 aromatic rings. The molecule has 9 heteroatoms. The van der Waals surface area contributed by atoms with Gasteiger partial charge in [0.25, 0.3) is 5.91 Å². The Bertz CT molecular complexity index is 589. The summed E-state index contributed by atoms with van der Waals surface area (Å²) in [5.74, 6) is -5.29. The van der Waals surface area contributed by atoms with Crippen LogP contribution in [0.5, 0.6) is 5.75 Å². The number of aliphatic hydroxyl groups excluding tert-OH is 1. The third-order valence-corrected chi connectivity index (χ3v) is 4.51. The predicted molar refractivity (Wildman–Crippen MR) is 78.7 cm³/mol. The molecule has 2 aliphatic rings. The molecule has 3 heterocycles. The van der Waals surface area contributed by atoms with Crippen molar-refractivity contribution in [2.45, 2.75) is 31.0 Å². The number of amides is 1. The molecule has 0 unspecified atom stereocenters. The van der Waals surface area contributed by atoms with Crippen molar-refractivity contribution >= 4 is 5.91 Å². The number of carbonyl (C=O) groups is 1. The van der Waals surface area contributed by atoms with Crippen LogP contribution in [0.15, 0.2) is 12.4 Å². The van der Waals surface area contributed by atoms with Crippen molar-refractivity contribution in [2.75, 3.05) is 26.3 Å². The maximum atomic E-state index is 14.5. The molecule has 1 aromatic heterocycles. The van der Waals surface area contributed by atoms with E-state index in [1.807, 2.05) is 0 Å². The minimum absolute atomic E-state index is 0.0757. The highest BCUT2D eigenvalue weighted by molar-refractivity contribution is 5.84. The van der Waals surface area contributed by atoms with Crippen molar-refractivity contribution in [3.05, 3.63) is 12.4 Å². The number of aliphatic hydroxyl groups is 1. The van der Waals surface area contributed by atoms with Crippen LogP contribution < -0.4 is 4.74 Å². The van der Waals surface area contributed by atoms with Gasteiger partial charge in [0.1, 0.15) is 12.2 Å². The van der Waals surface area contributed by atoms with Gasteiger partial charge in [-0.25, -0.2) is 0 Å². The Morgan fingerprint density at radius 2 is 2.12 bits per heavy atom. The molecule has 0 aromatic carbocycles. The van der Waals surface area contributed by atoms with Crippen molar-refractivity contribution in [3.63, 3.8) is 0 Å². The summed E-state index contributed by atoms with van der Waals surface area (Å²) < 4.78 is 41.1. The molecule has 2 fully saturated rings. The van der Waals surface area contributed by atoms with Crippen LogP contribution in [0.25, 0.3) is 0 Å². The molecule has 0 bridgehead atoms. The summed E-state index contributed by atoms with van der Waals surface area (Å²) in [7, 11) is 1.71. The Balaban J connectivity index is 1.63. The quantitative estimate of drug-likeness (QED) is 0.857. The molecule has 7 nitrogen and oxygen atoms in total. The van der Waals surface area contributed by atoms with Crippen LogP contribution in [-0.2, 0) is 16.6 Å². The van der Waals surface area contributed by atoms with Crippen LogP contribution in [0.2, 0.25) is 0 Å². The number of carbonyl (C=O) groups excluding carboxylic acids is 1. The lowest BCUT2D eigenvalue weighted by Gasteiger charge is -2.31. The van der Waals surface area contributed by atoms with E-state index in [2.05, 4.69) is 5.10 Å². The molecule has 24 heavy (non-hydrogen) atoms. The van der Waals surface area contributed by atoms with Crippen LogP contribution in [0.3, 0.4) is 0 Å². The number of nitrogens with zero attached hydrogens (tertiary/aromatic N) is 3. The van der Waals surface area contributed by atoms with Gasteiger partial charge in [-0.1, -0.05) is 0 Å². The molecule has 134 valence electrons. The zero-order valence-corrected chi connectivity index (χ0v) is 13.4. The molecular weight excluding hydrogens is 324 g/mol. The van der Waals surface area contributed by atoms with E-state index in [0.29, 0.717) is 5.75 Å². The molecule has 1 N–H and O–H groups in total. The van der Waals surface area contributed by atoms with Gasteiger partial charge < -0.3 is 19.5 Å². The molecule has 2 aliphatic heterocycles. The first-order chi connectivity index (χ1) is 11.4. The molecule has 1 amide bonds. The molecule has 0 radical (unpaired) electrons. The lowest BCUT2D eigenvalue weighted by Crippen LogP contribution is -2.48. The predicted octanol–water partition coefficient (Wildman–Crippen LogP) is 0.432. The number of aryl methyl sites for hydroxylation is 1. The summed E-state index contributed by atoms with van der Waals surface area (Å²) >= 11 is 0. The fourth-order valence-corrected chi connectivity index (χ4v) is 3.12. The first-order valence-corrected chi connectivity index (χ1v) is 7.96. The van der Waals surface area contributed by atoms with Gasteiger partial charge in [0.05, 0.1) is 25.5 Å². The molecule has 0 spiro atoms. The van der Waals surface area contributed by atoms with E-state index < -0.39 is 30.0 Å². The van der Waals surface area contributed by atoms with Crippen molar-refractivity contribution in [3.8, 4) is 5.75 Å². The molecule has 2 atom stereocenters. The maximum Gasteiger partial charge on any atom is 0.327 e. The number of hydrogen-bond donors (Lipinski definition) is 1. The summed E-state index contributed by atoms with van der Waals surface area (Å²) in [4.78, 5) is 13.3. The van der Waals surface area contributed by atoms with Gasteiger partial charge in [-0.3, -0.25) is 9.48 Å². The Kier molecular flexibility index (Phi) is 4.73. The van der Waals surface area contributed by atoms with Crippen LogP contribution >= 0.6 is 0 Å². The van der Waals surface area contributed by atoms with Crippen molar-refractivity contribution in [1.82, 2.24) is 14.7 Å². The summed E-state index contributed by atoms with van der Waals surface area (Å²) in [6, 6.07) is 0. The lowest BCUT2D eigenvalue weighted by atomic mass is 9.92. The summed E-state index contributed by atoms with van der Waals surface area (Å²) in [6.45, 7) is 0.238. The first-order valence-electron chi connectivity index (χ1n) is 7.96. The molecule has 3 rings (SSSR count). The second kappa shape index (κ2) is 6.64. The second-order valence-electron chi connectivity index (χ2n) is 6.29. The fourth-order valence-electron chi connectivity index (χ4n) is 3.12. The smallest absolute Gasteiger partial charge is 0.327 e. The normalized spacial score (nSPS) is 25.9. The second-order valence-corrected chi connectivity index (χ2v) is 6.29. The van der Waals surface area contributed by atoms with E-state index in [0.717, 1.165) is 4.90 Å². The highest BCUT2D eigenvalue weighted by Gasteiger charge is 2.52. The minimum Gasteiger partial charge on any atom is -0.482 e. The number of ether oxygens (including phenoxy) is 2. The molecule has 2 saturated heterocycles. The molecule has 0 saturated carbocycles. The Morgan fingerprint density at radius 3 is 2.75 bits per heavy atom. The number of β-amino-alcohol motifs (C(OH)–C–C–N with tert-alkyl or cyclic N) is 1. The van der Waals surface area contributed by atoms with Crippen molar-refractivity contribution in [2.24, 2.45) is 13.0 Å². The van der Waals surface area contributed by atoms with Crippen LogP contribution in [0, 0.1) is 5.92 Å². The Labute approximate surface area is 138 Å². The maximum absolute atomic E-state index is 14.5. The largest absolute Gasteiger partial charge is 0.482 e. The van der Waals surface area contributed by atoms with Crippen LogP contribution in [-0.4, -0.2) is 70.1 Å². The van der Waals surface area contributed by atoms with Crippen molar-refractivity contribution < 1.29 is 28.2 Å². The highest BCUT2D eigenvalue weighted by Crippen LogP contribution is 2.35. The van der Waals surface area contributed by atoms with E-state index in [1.54, 1.807) is 13.2 Å². The monoisotopic (exact) mass is 345 g/mol. The van der Waals surface area contributed by atoms with E-state index in [9.17, 15) is 18.7 Å². The topological polar surface area (TPSA) is 76.8 Å². The summed E-state index contributed by atoms with van der Waals surface area (Å²) in [6.07, 6.45) is 1.63. The fraction of sp³-hybridized carbons (Fsp3) is 0.733. The van der Waals surface area contributed by atoms with E-state index in [4.69, 9.17) is 9.47 Å². The summed E-state index contributed by atoms with van der Waals surface area (Å²) in [5, 5.41) is 14.0. The van der Waals surface area contributed by atoms with Gasteiger partial charge in [-0.2, -0.15) is 13.9 Å². The lowest BCUT2D eigenvalue weighted by molar-refractivity contribution is -0.170. The minimum atomic E-state index is -3.45. The van der Waals surface area contributed by atoms with Crippen molar-refractivity contribution in [1.29, 1.82) is 0 Å². The average molecular weight is 345 g/mol. The third kappa shape index (κ3) is 3.36. The van der Waals surface area contributed by atoms with Crippen LogP contribution in [0.4, 0.5) is 8.78 Å². The zero-order chi connectivity index (χ0) is 17.3. The van der Waals surface area contributed by atoms with Gasteiger partial charge in [0.2, 0.25) is 0 Å². The zero-order valence-electron chi connectivity index (χ0n) is 13.4. The number of alkyl halides is 2. The molecular formula is C15H21F2N3O4. The SMILES string of the molecule is Cn1cc(O[C@@H]2CN(C(=O)C(F)(F)C3CCOCC3)C[C@H]2O)cn1. The van der Waals surface area contributed by atoms with Gasteiger partial charge >= 0.3 is 5.92 Å². The standard InChI is InChI=1S/C15H21F2N3O4/c1-19-7-11(6-18-19)24-13-9-20(8-12(13)21)14(22)15(16,17)10-2-4-23-5-3-10/h6-7,10,12-13,21H,2-5,8-9H2,1H3/t12-,13-/m1/s1. The van der Waals surface area contributed by atoms with Gasteiger partial charge in [-0.15, -0.1) is 0 Å². The molecule has 0 aliphatic carbocycles. The van der Waals surface area contributed by atoms with Gasteiger partial charge in [0.15, 0.2) is 5.75 Å². The van der Waals surface area contributed by atoms with Gasteiger partial charge in [-0.05, 0) is 12.8 Å². The number of halogens is 2. The summed E-state index contributed by atoms with van der Waals surface area (Å²) in [5.41, 5.74) is 0. The van der Waals surface area contributed by atoms with E-state index in [-0.39, 0.29) is 39.1 Å². The average Bonchev–Trinajstić information content (AvgIpc) is 3.14. The Morgan fingerprint density at radius 1 is 1.42 bits per heavy atom. The highest BCUT2D eigenvalue weighted by atomic mass is 19.3. The Hall–Kier alpha value is -1.74. The number of aromatic nitrogens is 2. The number of rotatable bonds is 4.